The van der Waals surface area contributed by atoms with Gasteiger partial charge in [-0.1, -0.05) is 0 Å². The molecule has 1 heterocycles. The normalized spacial score (nSPS) is 19.9. The number of nitrogens with zero attached hydrogens (tertiary/aromatic N) is 1. The predicted molar refractivity (Wildman–Crippen MR) is 68.8 cm³/mol. The number of piperidine rings is 1. The molecule has 4 nitrogen and oxygen atoms in total. The molecule has 1 fully saturated rings. The second kappa shape index (κ2) is 5.22. The van der Waals surface area contributed by atoms with Crippen LogP contribution in [0.5, 0.6) is 0 Å². The molecule has 1 aliphatic rings. The second-order valence-electron chi connectivity index (χ2n) is 4.91. The number of hydrogen-bond donors (Lipinski definition) is 2. The number of benzene rings is 1. The summed E-state index contributed by atoms with van der Waals surface area (Å²) in [4.78, 5) is 12.4. The van der Waals surface area contributed by atoms with Crippen LogP contribution in [0.1, 0.15) is 23.2 Å². The van der Waals surface area contributed by atoms with E-state index in [4.69, 9.17) is 10.8 Å². The number of nitrogen functional groups attached to an aromatic ring is 1. The molecule has 0 amide bonds. The molecule has 110 valence electrons. The lowest BCUT2D eigenvalue weighted by molar-refractivity contribution is -0.175. The third-order valence-corrected chi connectivity index (χ3v) is 3.50. The summed E-state index contributed by atoms with van der Waals surface area (Å²) in [6.45, 7) is 0.351. The molecule has 0 radical (unpaired) electrons. The minimum atomic E-state index is -4.21. The first-order chi connectivity index (χ1) is 9.29. The van der Waals surface area contributed by atoms with Gasteiger partial charge in [-0.2, -0.15) is 13.2 Å². The van der Waals surface area contributed by atoms with Crippen LogP contribution in [-0.4, -0.2) is 30.3 Å². The summed E-state index contributed by atoms with van der Waals surface area (Å²) in [6, 6.07) is 4.09. The molecule has 1 aliphatic heterocycles. The van der Waals surface area contributed by atoms with Gasteiger partial charge in [-0.15, -0.1) is 0 Å². The molecular weight excluding hydrogens is 273 g/mol. The van der Waals surface area contributed by atoms with Crippen LogP contribution in [0.3, 0.4) is 0 Å². The van der Waals surface area contributed by atoms with Gasteiger partial charge in [0.25, 0.3) is 0 Å². The summed E-state index contributed by atoms with van der Waals surface area (Å²) < 4.78 is 38.3. The number of carboxylic acid groups (broad SMARTS) is 1. The standard InChI is InChI=1S/C13H15F3N2O2/c14-13(15,16)9-2-1-5-18(7-9)11-4-3-8(12(19)20)6-10(11)17/h3-4,6,9H,1-2,5,7,17H2,(H,19,20). The number of anilines is 2. The lowest BCUT2D eigenvalue weighted by Gasteiger charge is -2.35. The monoisotopic (exact) mass is 288 g/mol. The Morgan fingerprint density at radius 2 is 2.10 bits per heavy atom. The minimum absolute atomic E-state index is 0.0237. The summed E-state index contributed by atoms with van der Waals surface area (Å²) in [5.74, 6) is -2.48. The van der Waals surface area contributed by atoms with Crippen molar-refractivity contribution >= 4 is 17.3 Å². The lowest BCUT2D eigenvalue weighted by atomic mass is 9.96. The number of carboxylic acids is 1. The number of nitrogens with two attached hydrogens (primary N) is 1. The molecule has 1 saturated heterocycles. The maximum absolute atomic E-state index is 12.8. The smallest absolute Gasteiger partial charge is 0.393 e. The van der Waals surface area contributed by atoms with Crippen molar-refractivity contribution in [1.82, 2.24) is 0 Å². The van der Waals surface area contributed by atoms with Crippen LogP contribution in [0.25, 0.3) is 0 Å². The van der Waals surface area contributed by atoms with E-state index in [-0.39, 0.29) is 24.2 Å². The Balaban J connectivity index is 2.21. The Hall–Kier alpha value is -1.92. The van der Waals surface area contributed by atoms with E-state index in [2.05, 4.69) is 0 Å². The highest BCUT2D eigenvalue weighted by Crippen LogP contribution is 2.36. The van der Waals surface area contributed by atoms with Gasteiger partial charge in [-0.3, -0.25) is 0 Å². The van der Waals surface area contributed by atoms with Gasteiger partial charge in [0.15, 0.2) is 0 Å². The van der Waals surface area contributed by atoms with Gasteiger partial charge in [-0.05, 0) is 31.0 Å². The van der Waals surface area contributed by atoms with Crippen LogP contribution in [0.4, 0.5) is 24.5 Å². The molecular formula is C13H15F3N2O2. The number of aromatic carboxylic acids is 1. The third kappa shape index (κ3) is 2.97. The van der Waals surface area contributed by atoms with Gasteiger partial charge in [-0.25, -0.2) is 4.79 Å². The van der Waals surface area contributed by atoms with Gasteiger partial charge >= 0.3 is 12.1 Å². The molecule has 2 rings (SSSR count). The topological polar surface area (TPSA) is 66.6 Å². The predicted octanol–water partition coefficient (Wildman–Crippen LogP) is 2.75. The van der Waals surface area contributed by atoms with Crippen LogP contribution in [0.2, 0.25) is 0 Å². The molecule has 0 aliphatic carbocycles. The molecule has 0 spiro atoms. The highest BCUT2D eigenvalue weighted by molar-refractivity contribution is 5.90. The van der Waals surface area contributed by atoms with E-state index in [9.17, 15) is 18.0 Å². The third-order valence-electron chi connectivity index (χ3n) is 3.50. The summed E-state index contributed by atoms with van der Waals surface area (Å²) in [7, 11) is 0. The van der Waals surface area contributed by atoms with Crippen molar-refractivity contribution in [3.8, 4) is 0 Å². The Kier molecular flexibility index (Phi) is 3.78. The lowest BCUT2D eigenvalue weighted by Crippen LogP contribution is -2.42. The summed E-state index contributed by atoms with van der Waals surface area (Å²) >= 11 is 0. The zero-order chi connectivity index (χ0) is 14.9. The summed E-state index contributed by atoms with van der Waals surface area (Å²) in [5.41, 5.74) is 6.43. The van der Waals surface area contributed by atoms with Gasteiger partial charge < -0.3 is 15.7 Å². The van der Waals surface area contributed by atoms with E-state index in [1.165, 1.54) is 18.2 Å². The van der Waals surface area contributed by atoms with Gasteiger partial charge in [0.1, 0.15) is 0 Å². The molecule has 3 N–H and O–H groups in total. The zero-order valence-corrected chi connectivity index (χ0v) is 10.7. The van der Waals surface area contributed by atoms with E-state index >= 15 is 0 Å². The number of carbonyl (C=O) groups is 1. The van der Waals surface area contributed by atoms with Crippen LogP contribution < -0.4 is 10.6 Å². The van der Waals surface area contributed by atoms with E-state index in [0.717, 1.165) is 0 Å². The fraction of sp³-hybridized carbons (Fsp3) is 0.462. The number of rotatable bonds is 2. The van der Waals surface area contributed by atoms with E-state index in [1.807, 2.05) is 0 Å². The van der Waals surface area contributed by atoms with Crippen LogP contribution in [0, 0.1) is 5.92 Å². The van der Waals surface area contributed by atoms with Crippen LogP contribution in [-0.2, 0) is 0 Å². The molecule has 0 bridgehead atoms. The molecule has 7 heteroatoms. The number of alkyl halides is 3. The fourth-order valence-electron chi connectivity index (χ4n) is 2.44. The van der Waals surface area contributed by atoms with Crippen molar-refractivity contribution in [2.75, 3.05) is 23.7 Å². The highest BCUT2D eigenvalue weighted by atomic mass is 19.4. The SMILES string of the molecule is Nc1cc(C(=O)O)ccc1N1CCCC(C(F)(F)F)C1. The minimum Gasteiger partial charge on any atom is -0.478 e. The van der Waals surface area contributed by atoms with Crippen LogP contribution >= 0.6 is 0 Å². The maximum atomic E-state index is 12.8. The fourth-order valence-corrected chi connectivity index (χ4v) is 2.44. The average molecular weight is 288 g/mol. The Bertz CT molecular complexity index is 517. The zero-order valence-electron chi connectivity index (χ0n) is 10.7. The Labute approximate surface area is 114 Å². The van der Waals surface area contributed by atoms with E-state index < -0.39 is 18.1 Å². The van der Waals surface area contributed by atoms with Crippen molar-refractivity contribution in [1.29, 1.82) is 0 Å². The molecule has 1 aromatic rings. The van der Waals surface area contributed by atoms with E-state index in [1.54, 1.807) is 4.90 Å². The van der Waals surface area contributed by atoms with Gasteiger partial charge in [0, 0.05) is 13.1 Å². The molecule has 1 unspecified atom stereocenters. The largest absolute Gasteiger partial charge is 0.478 e. The first-order valence-corrected chi connectivity index (χ1v) is 6.23. The molecule has 1 atom stereocenters. The quantitative estimate of drug-likeness (QED) is 0.821. The van der Waals surface area contributed by atoms with Crippen molar-refractivity contribution < 1.29 is 23.1 Å². The second-order valence-corrected chi connectivity index (χ2v) is 4.91. The van der Waals surface area contributed by atoms with Crippen LogP contribution in [0.15, 0.2) is 18.2 Å². The first-order valence-electron chi connectivity index (χ1n) is 6.23. The number of hydrogen-bond acceptors (Lipinski definition) is 3. The first kappa shape index (κ1) is 14.5. The number of halogens is 3. The maximum Gasteiger partial charge on any atom is 0.393 e. The van der Waals surface area contributed by atoms with Crippen molar-refractivity contribution in [3.63, 3.8) is 0 Å². The Morgan fingerprint density at radius 1 is 1.40 bits per heavy atom. The average Bonchev–Trinajstić information content (AvgIpc) is 2.37. The highest BCUT2D eigenvalue weighted by Gasteiger charge is 2.42. The summed E-state index contributed by atoms with van der Waals surface area (Å²) in [6.07, 6.45) is -3.66. The molecule has 0 aromatic heterocycles. The summed E-state index contributed by atoms with van der Waals surface area (Å²) in [5, 5.41) is 8.84. The van der Waals surface area contributed by atoms with Crippen molar-refractivity contribution in [3.05, 3.63) is 23.8 Å². The van der Waals surface area contributed by atoms with Crippen molar-refractivity contribution in [2.45, 2.75) is 19.0 Å². The molecule has 0 saturated carbocycles. The van der Waals surface area contributed by atoms with E-state index in [0.29, 0.717) is 18.7 Å². The van der Waals surface area contributed by atoms with Gasteiger partial charge in [0.2, 0.25) is 0 Å². The molecule has 20 heavy (non-hydrogen) atoms. The van der Waals surface area contributed by atoms with Crippen molar-refractivity contribution in [2.24, 2.45) is 5.92 Å². The Morgan fingerprint density at radius 3 is 2.65 bits per heavy atom. The van der Waals surface area contributed by atoms with Gasteiger partial charge in [0.05, 0.1) is 22.9 Å². The molecule has 1 aromatic carbocycles.